The van der Waals surface area contributed by atoms with E-state index in [9.17, 15) is 18.4 Å². The van der Waals surface area contributed by atoms with Crippen molar-refractivity contribution in [2.45, 2.75) is 53.5 Å². The minimum Gasteiger partial charge on any atom is -0.462 e. The zero-order valence-corrected chi connectivity index (χ0v) is 19.2. The number of benzene rings is 2. The van der Waals surface area contributed by atoms with E-state index in [0.29, 0.717) is 11.3 Å². The van der Waals surface area contributed by atoms with Crippen LogP contribution in [0.2, 0.25) is 0 Å². The number of rotatable bonds is 6. The van der Waals surface area contributed by atoms with Gasteiger partial charge in [0, 0.05) is 23.6 Å². The third-order valence-corrected chi connectivity index (χ3v) is 5.76. The summed E-state index contributed by atoms with van der Waals surface area (Å²) in [5.41, 5.74) is 3.73. The van der Waals surface area contributed by atoms with Crippen molar-refractivity contribution < 1.29 is 23.1 Å². The summed E-state index contributed by atoms with van der Waals surface area (Å²) in [6, 6.07) is 9.80. The van der Waals surface area contributed by atoms with Crippen molar-refractivity contribution in [2.75, 3.05) is 6.61 Å². The standard InChI is InChI=1S/C26H29F2NO3/c1-15(2)14-32-26(31)24-18(5)29(13-19-7-6-8-22(27)25(19)28)23(30)12-21(24)20-11-16(3)9-10-17(20)4/h6-11,15,21H,12-14H2,1-5H3/t21-/m1/s1. The monoisotopic (exact) mass is 441 g/mol. The minimum atomic E-state index is -0.992. The molecule has 32 heavy (non-hydrogen) atoms. The summed E-state index contributed by atoms with van der Waals surface area (Å²) in [7, 11) is 0. The molecule has 0 N–H and O–H groups in total. The van der Waals surface area contributed by atoms with E-state index in [0.717, 1.165) is 22.8 Å². The quantitative estimate of drug-likeness (QED) is 0.551. The highest BCUT2D eigenvalue weighted by Gasteiger charge is 2.38. The minimum absolute atomic E-state index is 0.0463. The molecule has 0 saturated heterocycles. The zero-order chi connectivity index (χ0) is 23.6. The second-order valence-electron chi connectivity index (χ2n) is 8.80. The Hall–Kier alpha value is -3.02. The van der Waals surface area contributed by atoms with Gasteiger partial charge in [-0.3, -0.25) is 4.79 Å². The number of halogens is 2. The lowest BCUT2D eigenvalue weighted by molar-refractivity contribution is -0.141. The Balaban J connectivity index is 2.08. The van der Waals surface area contributed by atoms with Crippen LogP contribution >= 0.6 is 0 Å². The van der Waals surface area contributed by atoms with E-state index in [2.05, 4.69) is 0 Å². The van der Waals surface area contributed by atoms with Gasteiger partial charge in [0.1, 0.15) is 0 Å². The molecule has 0 unspecified atom stereocenters. The largest absolute Gasteiger partial charge is 0.462 e. The van der Waals surface area contributed by atoms with E-state index in [1.807, 2.05) is 45.9 Å². The van der Waals surface area contributed by atoms with Crippen LogP contribution in [0.5, 0.6) is 0 Å². The molecule has 0 radical (unpaired) electrons. The summed E-state index contributed by atoms with van der Waals surface area (Å²) in [6.45, 7) is 9.55. The molecule has 4 nitrogen and oxygen atoms in total. The van der Waals surface area contributed by atoms with Gasteiger partial charge >= 0.3 is 5.97 Å². The normalized spacial score (nSPS) is 16.7. The first-order chi connectivity index (χ1) is 15.1. The maximum absolute atomic E-state index is 14.3. The number of esters is 1. The van der Waals surface area contributed by atoms with Crippen molar-refractivity contribution in [3.8, 4) is 0 Å². The molecule has 0 saturated carbocycles. The van der Waals surface area contributed by atoms with Gasteiger partial charge in [-0.1, -0.05) is 49.7 Å². The van der Waals surface area contributed by atoms with Gasteiger partial charge in [0.25, 0.3) is 0 Å². The number of aryl methyl sites for hydroxylation is 2. The van der Waals surface area contributed by atoms with Crippen LogP contribution in [0, 0.1) is 31.4 Å². The average molecular weight is 442 g/mol. The highest BCUT2D eigenvalue weighted by atomic mass is 19.2. The molecule has 1 heterocycles. The summed E-state index contributed by atoms with van der Waals surface area (Å²) in [6.07, 6.45) is 0.0463. The fraction of sp³-hybridized carbons (Fsp3) is 0.385. The van der Waals surface area contributed by atoms with Gasteiger partial charge in [0.2, 0.25) is 5.91 Å². The Kier molecular flexibility index (Phi) is 7.12. The van der Waals surface area contributed by atoms with E-state index < -0.39 is 23.5 Å². The van der Waals surface area contributed by atoms with Crippen molar-refractivity contribution in [2.24, 2.45) is 5.92 Å². The van der Waals surface area contributed by atoms with E-state index in [4.69, 9.17) is 4.74 Å². The number of carbonyl (C=O) groups excluding carboxylic acids is 2. The molecule has 2 aromatic carbocycles. The molecule has 170 valence electrons. The molecule has 2 aromatic rings. The van der Waals surface area contributed by atoms with E-state index in [-0.39, 0.29) is 37.0 Å². The van der Waals surface area contributed by atoms with Gasteiger partial charge in [0.05, 0.1) is 18.7 Å². The first-order valence-electron chi connectivity index (χ1n) is 10.8. The highest BCUT2D eigenvalue weighted by molar-refractivity contribution is 5.96. The molecule has 0 fully saturated rings. The van der Waals surface area contributed by atoms with Crippen LogP contribution in [-0.2, 0) is 20.9 Å². The molecular weight excluding hydrogens is 412 g/mol. The van der Waals surface area contributed by atoms with Gasteiger partial charge in [-0.15, -0.1) is 0 Å². The van der Waals surface area contributed by atoms with Crippen molar-refractivity contribution in [3.63, 3.8) is 0 Å². The van der Waals surface area contributed by atoms with E-state index >= 15 is 0 Å². The van der Waals surface area contributed by atoms with Crippen LogP contribution in [-0.4, -0.2) is 23.4 Å². The Morgan fingerprint density at radius 2 is 1.88 bits per heavy atom. The molecule has 1 atom stereocenters. The fourth-order valence-electron chi connectivity index (χ4n) is 4.03. The van der Waals surface area contributed by atoms with Gasteiger partial charge in [0.15, 0.2) is 11.6 Å². The smallest absolute Gasteiger partial charge is 0.336 e. The van der Waals surface area contributed by atoms with E-state index in [1.54, 1.807) is 6.92 Å². The van der Waals surface area contributed by atoms with Crippen LogP contribution in [0.1, 0.15) is 55.4 Å². The molecule has 1 aliphatic heterocycles. The second-order valence-corrected chi connectivity index (χ2v) is 8.80. The van der Waals surface area contributed by atoms with E-state index in [1.165, 1.54) is 17.0 Å². The number of hydrogen-bond acceptors (Lipinski definition) is 3. The first-order valence-corrected chi connectivity index (χ1v) is 10.8. The van der Waals surface area contributed by atoms with Crippen LogP contribution in [0.15, 0.2) is 47.7 Å². The van der Waals surface area contributed by atoms with Crippen molar-refractivity contribution in [1.82, 2.24) is 4.90 Å². The summed E-state index contributed by atoms with van der Waals surface area (Å²) < 4.78 is 33.5. The van der Waals surface area contributed by atoms with Crippen molar-refractivity contribution in [1.29, 1.82) is 0 Å². The molecule has 6 heteroatoms. The van der Waals surface area contributed by atoms with Crippen LogP contribution in [0.4, 0.5) is 8.78 Å². The Morgan fingerprint density at radius 3 is 2.56 bits per heavy atom. The number of ether oxygens (including phenoxy) is 1. The topological polar surface area (TPSA) is 46.6 Å². The van der Waals surface area contributed by atoms with Gasteiger partial charge < -0.3 is 9.64 Å². The molecule has 1 aliphatic rings. The lowest BCUT2D eigenvalue weighted by Gasteiger charge is -2.35. The molecule has 0 bridgehead atoms. The predicted molar refractivity (Wildman–Crippen MR) is 119 cm³/mol. The summed E-state index contributed by atoms with van der Waals surface area (Å²) in [4.78, 5) is 27.7. The lowest BCUT2D eigenvalue weighted by Crippen LogP contribution is -2.38. The Labute approximate surface area is 187 Å². The fourth-order valence-corrected chi connectivity index (χ4v) is 4.03. The third kappa shape index (κ3) is 4.90. The first kappa shape index (κ1) is 23.6. The zero-order valence-electron chi connectivity index (χ0n) is 19.2. The molecule has 0 aromatic heterocycles. The van der Waals surface area contributed by atoms with Crippen LogP contribution in [0.3, 0.4) is 0 Å². The lowest BCUT2D eigenvalue weighted by atomic mass is 9.81. The average Bonchev–Trinajstić information content (AvgIpc) is 2.73. The maximum atomic E-state index is 14.3. The van der Waals surface area contributed by atoms with Crippen LogP contribution in [0.25, 0.3) is 0 Å². The Morgan fingerprint density at radius 1 is 1.16 bits per heavy atom. The number of nitrogens with zero attached hydrogens (tertiary/aromatic N) is 1. The van der Waals surface area contributed by atoms with Gasteiger partial charge in [-0.25, -0.2) is 13.6 Å². The second kappa shape index (κ2) is 9.63. The predicted octanol–water partition coefficient (Wildman–Crippen LogP) is 5.57. The van der Waals surface area contributed by atoms with Crippen molar-refractivity contribution >= 4 is 11.9 Å². The molecule has 0 aliphatic carbocycles. The van der Waals surface area contributed by atoms with Gasteiger partial charge in [-0.2, -0.15) is 0 Å². The van der Waals surface area contributed by atoms with Crippen LogP contribution < -0.4 is 0 Å². The number of carbonyl (C=O) groups is 2. The Bertz CT molecular complexity index is 1070. The number of allylic oxidation sites excluding steroid dienone is 1. The molecule has 0 spiro atoms. The molecular formula is C26H29F2NO3. The third-order valence-electron chi connectivity index (χ3n) is 5.76. The summed E-state index contributed by atoms with van der Waals surface area (Å²) in [5.74, 6) is -3.01. The summed E-state index contributed by atoms with van der Waals surface area (Å²) >= 11 is 0. The molecule has 1 amide bonds. The van der Waals surface area contributed by atoms with Crippen molar-refractivity contribution in [3.05, 3.63) is 81.6 Å². The number of hydrogen-bond donors (Lipinski definition) is 0. The molecule has 3 rings (SSSR count). The highest BCUT2D eigenvalue weighted by Crippen LogP contribution is 2.39. The van der Waals surface area contributed by atoms with Gasteiger partial charge in [-0.05, 0) is 43.9 Å². The maximum Gasteiger partial charge on any atom is 0.336 e. The number of amides is 1. The SMILES string of the molecule is CC1=C(C(=O)OCC(C)C)[C@@H](c2cc(C)ccc2C)CC(=O)N1Cc1cccc(F)c1F. The summed E-state index contributed by atoms with van der Waals surface area (Å²) in [5, 5.41) is 0.